The van der Waals surface area contributed by atoms with Crippen LogP contribution >= 0.6 is 11.6 Å². The Morgan fingerprint density at radius 1 is 1.31 bits per heavy atom. The highest BCUT2D eigenvalue weighted by molar-refractivity contribution is 6.33. The van der Waals surface area contributed by atoms with Gasteiger partial charge in [0.15, 0.2) is 5.82 Å². The third-order valence-electron chi connectivity index (χ3n) is 2.82. The van der Waals surface area contributed by atoms with Gasteiger partial charge >= 0.3 is 0 Å². The highest BCUT2D eigenvalue weighted by Crippen LogP contribution is 2.30. The molecule has 2 atom stereocenters. The molecule has 0 saturated heterocycles. The van der Waals surface area contributed by atoms with Gasteiger partial charge < -0.3 is 10.4 Å². The monoisotopic (exact) mass is 247 g/mol. The lowest BCUT2D eigenvalue weighted by Gasteiger charge is -2.19. The summed E-state index contributed by atoms with van der Waals surface area (Å²) >= 11 is 5.74. The van der Waals surface area contributed by atoms with E-state index in [4.69, 9.17) is 11.6 Å². The van der Waals surface area contributed by atoms with E-state index in [2.05, 4.69) is 5.32 Å². The molecule has 0 amide bonds. The number of nitrogens with one attached hydrogen (secondary N) is 1. The third kappa shape index (κ3) is 2.28. The summed E-state index contributed by atoms with van der Waals surface area (Å²) in [4.78, 5) is 0. The maximum absolute atomic E-state index is 13.4. The molecule has 0 aliphatic heterocycles. The van der Waals surface area contributed by atoms with Crippen LogP contribution in [0.3, 0.4) is 0 Å². The maximum atomic E-state index is 13.4. The van der Waals surface area contributed by atoms with E-state index >= 15 is 0 Å². The van der Waals surface area contributed by atoms with Gasteiger partial charge in [0.05, 0.1) is 22.9 Å². The first-order valence-corrected chi connectivity index (χ1v) is 5.55. The molecule has 16 heavy (non-hydrogen) atoms. The lowest BCUT2D eigenvalue weighted by molar-refractivity contribution is 0.171. The summed E-state index contributed by atoms with van der Waals surface area (Å²) in [5, 5.41) is 12.4. The van der Waals surface area contributed by atoms with E-state index in [9.17, 15) is 13.9 Å². The second-order valence-electron chi connectivity index (χ2n) is 3.99. The molecule has 0 aromatic heterocycles. The fraction of sp³-hybridized carbons (Fsp3) is 0.455. The summed E-state index contributed by atoms with van der Waals surface area (Å²) < 4.78 is 26.2. The second kappa shape index (κ2) is 4.55. The Bertz CT molecular complexity index is 377. The zero-order chi connectivity index (χ0) is 11.7. The topological polar surface area (TPSA) is 32.3 Å². The van der Waals surface area contributed by atoms with E-state index in [0.29, 0.717) is 6.42 Å². The Hall–Kier alpha value is -0.870. The number of halogens is 3. The minimum atomic E-state index is -0.732. The highest BCUT2D eigenvalue weighted by atomic mass is 35.5. The quantitative estimate of drug-likeness (QED) is 0.842. The van der Waals surface area contributed by atoms with Gasteiger partial charge in [-0.05, 0) is 25.3 Å². The van der Waals surface area contributed by atoms with Gasteiger partial charge in [0.1, 0.15) is 5.82 Å². The van der Waals surface area contributed by atoms with Crippen molar-refractivity contribution in [2.45, 2.75) is 31.4 Å². The normalized spacial score (nSPS) is 24.8. The van der Waals surface area contributed by atoms with Crippen LogP contribution in [0.15, 0.2) is 12.1 Å². The lowest BCUT2D eigenvalue weighted by atomic mass is 10.2. The van der Waals surface area contributed by atoms with Gasteiger partial charge in [-0.2, -0.15) is 0 Å². The molecule has 5 heteroatoms. The van der Waals surface area contributed by atoms with Crippen LogP contribution in [0.4, 0.5) is 14.5 Å². The zero-order valence-corrected chi connectivity index (χ0v) is 9.27. The molecule has 1 aliphatic rings. The van der Waals surface area contributed by atoms with E-state index in [0.717, 1.165) is 25.0 Å². The molecule has 2 rings (SSSR count). The van der Waals surface area contributed by atoms with Crippen LogP contribution in [0.25, 0.3) is 0 Å². The summed E-state index contributed by atoms with van der Waals surface area (Å²) in [6, 6.07) is 1.61. The number of aliphatic hydroxyl groups is 1. The molecule has 2 unspecified atom stereocenters. The van der Waals surface area contributed by atoms with Gasteiger partial charge in [0.2, 0.25) is 0 Å². The van der Waals surface area contributed by atoms with Crippen LogP contribution < -0.4 is 5.32 Å². The van der Waals surface area contributed by atoms with E-state index in [1.54, 1.807) is 0 Å². The summed E-state index contributed by atoms with van der Waals surface area (Å²) in [6.07, 6.45) is 1.84. The Labute approximate surface area is 97.2 Å². The van der Waals surface area contributed by atoms with Crippen molar-refractivity contribution < 1.29 is 13.9 Å². The largest absolute Gasteiger partial charge is 0.391 e. The van der Waals surface area contributed by atoms with Crippen LogP contribution in [-0.4, -0.2) is 17.3 Å². The number of hydrogen-bond acceptors (Lipinski definition) is 2. The average Bonchev–Trinajstić information content (AvgIpc) is 2.57. The summed E-state index contributed by atoms with van der Waals surface area (Å²) in [6.45, 7) is 0. The van der Waals surface area contributed by atoms with Crippen LogP contribution in [0.1, 0.15) is 19.3 Å². The van der Waals surface area contributed by atoms with Crippen molar-refractivity contribution in [1.82, 2.24) is 0 Å². The molecule has 0 bridgehead atoms. The maximum Gasteiger partial charge on any atom is 0.150 e. The Balaban J connectivity index is 2.21. The predicted molar refractivity (Wildman–Crippen MR) is 58.6 cm³/mol. The first-order chi connectivity index (χ1) is 7.58. The fourth-order valence-electron chi connectivity index (χ4n) is 1.97. The summed E-state index contributed by atoms with van der Waals surface area (Å²) in [5.41, 5.74) is 0.0639. The molecule has 2 N–H and O–H groups in total. The van der Waals surface area contributed by atoms with E-state index in [1.165, 1.54) is 0 Å². The number of anilines is 1. The van der Waals surface area contributed by atoms with Gasteiger partial charge in [-0.1, -0.05) is 11.6 Å². The smallest absolute Gasteiger partial charge is 0.150 e. The standard InChI is InChI=1S/C11H12ClF2NO/c12-7-4-6(13)5-8(14)11(7)15-9-2-1-3-10(9)16/h4-5,9-10,15-16H,1-3H2. The molecule has 88 valence electrons. The molecule has 2 nitrogen and oxygen atoms in total. The SMILES string of the molecule is OC1CCCC1Nc1c(F)cc(F)cc1Cl. The van der Waals surface area contributed by atoms with Crippen molar-refractivity contribution in [1.29, 1.82) is 0 Å². The van der Waals surface area contributed by atoms with Crippen molar-refractivity contribution in [3.8, 4) is 0 Å². The van der Waals surface area contributed by atoms with Gasteiger partial charge in [-0.25, -0.2) is 8.78 Å². The molecule has 0 spiro atoms. The molecular formula is C11H12ClF2NO. The molecule has 0 heterocycles. The van der Waals surface area contributed by atoms with Crippen LogP contribution in [0.2, 0.25) is 5.02 Å². The van der Waals surface area contributed by atoms with Gasteiger partial charge in [0.25, 0.3) is 0 Å². The lowest BCUT2D eigenvalue weighted by Crippen LogP contribution is -2.28. The van der Waals surface area contributed by atoms with E-state index in [-0.39, 0.29) is 16.8 Å². The van der Waals surface area contributed by atoms with E-state index < -0.39 is 17.7 Å². The zero-order valence-electron chi connectivity index (χ0n) is 8.51. The number of hydrogen-bond donors (Lipinski definition) is 2. The molecule has 0 radical (unpaired) electrons. The fourth-order valence-corrected chi connectivity index (χ4v) is 2.22. The second-order valence-corrected chi connectivity index (χ2v) is 4.40. The van der Waals surface area contributed by atoms with Crippen LogP contribution in [0.5, 0.6) is 0 Å². The van der Waals surface area contributed by atoms with Crippen molar-refractivity contribution in [3.63, 3.8) is 0 Å². The first-order valence-electron chi connectivity index (χ1n) is 5.17. The van der Waals surface area contributed by atoms with Gasteiger partial charge in [0, 0.05) is 6.07 Å². The highest BCUT2D eigenvalue weighted by Gasteiger charge is 2.26. The molecule has 1 aromatic carbocycles. The van der Waals surface area contributed by atoms with E-state index in [1.807, 2.05) is 0 Å². The third-order valence-corrected chi connectivity index (χ3v) is 3.11. The Kier molecular flexibility index (Phi) is 3.30. The predicted octanol–water partition coefficient (Wildman–Crippen LogP) is 2.94. The van der Waals surface area contributed by atoms with Crippen LogP contribution in [-0.2, 0) is 0 Å². The molecule has 1 aromatic rings. The Morgan fingerprint density at radius 3 is 2.62 bits per heavy atom. The number of rotatable bonds is 2. The first kappa shape index (κ1) is 11.6. The van der Waals surface area contributed by atoms with Crippen molar-refractivity contribution in [2.75, 3.05) is 5.32 Å². The number of aliphatic hydroxyl groups excluding tert-OH is 1. The van der Waals surface area contributed by atoms with Crippen LogP contribution in [0, 0.1) is 11.6 Å². The number of benzene rings is 1. The minimum Gasteiger partial charge on any atom is -0.391 e. The average molecular weight is 248 g/mol. The molecule has 1 fully saturated rings. The van der Waals surface area contributed by atoms with Crippen molar-refractivity contribution in [3.05, 3.63) is 28.8 Å². The summed E-state index contributed by atoms with van der Waals surface area (Å²) in [7, 11) is 0. The summed E-state index contributed by atoms with van der Waals surface area (Å²) in [5.74, 6) is -1.44. The van der Waals surface area contributed by atoms with Gasteiger partial charge in [-0.3, -0.25) is 0 Å². The minimum absolute atomic E-state index is 0.00315. The van der Waals surface area contributed by atoms with Crippen molar-refractivity contribution >= 4 is 17.3 Å². The molecule has 1 saturated carbocycles. The van der Waals surface area contributed by atoms with Gasteiger partial charge in [-0.15, -0.1) is 0 Å². The molecule has 1 aliphatic carbocycles. The Morgan fingerprint density at radius 2 is 2.06 bits per heavy atom. The van der Waals surface area contributed by atoms with Crippen molar-refractivity contribution in [2.24, 2.45) is 0 Å². The molecular weight excluding hydrogens is 236 g/mol.